The Hall–Kier alpha value is -4.27. The van der Waals surface area contributed by atoms with Crippen LogP contribution in [0.1, 0.15) is 42.5 Å². The number of fused-ring (bicyclic) bond motifs is 1. The van der Waals surface area contributed by atoms with Crippen LogP contribution >= 0.6 is 0 Å². The summed E-state index contributed by atoms with van der Waals surface area (Å²) >= 11 is 0. The Bertz CT molecular complexity index is 1460. The quantitative estimate of drug-likeness (QED) is 0.201. The molecule has 216 valence electrons. The number of nitrogens with one attached hydrogen (secondary N) is 2. The highest BCUT2D eigenvalue weighted by Crippen LogP contribution is 2.29. The van der Waals surface area contributed by atoms with E-state index in [1.54, 1.807) is 11.0 Å². The zero-order valence-electron chi connectivity index (χ0n) is 23.3. The van der Waals surface area contributed by atoms with Gasteiger partial charge >= 0.3 is 12.2 Å². The van der Waals surface area contributed by atoms with Gasteiger partial charge in [-0.05, 0) is 66.3 Å². The van der Waals surface area contributed by atoms with Crippen LogP contribution in [0.4, 0.5) is 23.7 Å². The van der Waals surface area contributed by atoms with Gasteiger partial charge in [0.25, 0.3) is 0 Å². The number of benzene rings is 3. The lowest BCUT2D eigenvalue weighted by molar-refractivity contribution is -0.137. The molecule has 4 rings (SSSR count). The number of rotatable bonds is 11. The zero-order chi connectivity index (χ0) is 29.4. The van der Waals surface area contributed by atoms with Gasteiger partial charge in [0, 0.05) is 42.4 Å². The van der Waals surface area contributed by atoms with Crippen molar-refractivity contribution >= 4 is 28.5 Å². The summed E-state index contributed by atoms with van der Waals surface area (Å²) in [5.41, 5.74) is 3.60. The molecule has 4 aromatic rings. The van der Waals surface area contributed by atoms with Crippen LogP contribution < -0.4 is 5.32 Å². The fourth-order valence-corrected chi connectivity index (χ4v) is 4.76. The van der Waals surface area contributed by atoms with Crippen LogP contribution in [-0.4, -0.2) is 46.4 Å². The second kappa shape index (κ2) is 13.4. The smallest absolute Gasteiger partial charge is 0.361 e. The number of H-pyrrole nitrogens is 1. The lowest BCUT2D eigenvalue weighted by Crippen LogP contribution is -2.45. The molecule has 0 aliphatic heterocycles. The van der Waals surface area contributed by atoms with Crippen molar-refractivity contribution in [2.24, 2.45) is 0 Å². The van der Waals surface area contributed by atoms with Gasteiger partial charge in [-0.1, -0.05) is 56.3 Å². The fourth-order valence-electron chi connectivity index (χ4n) is 4.76. The van der Waals surface area contributed by atoms with Gasteiger partial charge < -0.3 is 20.1 Å². The van der Waals surface area contributed by atoms with Gasteiger partial charge in [0.05, 0.1) is 5.56 Å². The van der Waals surface area contributed by atoms with E-state index in [9.17, 15) is 22.8 Å². The Balaban J connectivity index is 1.52. The van der Waals surface area contributed by atoms with Gasteiger partial charge in [-0.2, -0.15) is 13.2 Å². The molecular weight excluding hydrogens is 529 g/mol. The highest BCUT2D eigenvalue weighted by Gasteiger charge is 2.30. The summed E-state index contributed by atoms with van der Waals surface area (Å²) in [7, 11) is 0. The minimum atomic E-state index is -4.44. The summed E-state index contributed by atoms with van der Waals surface area (Å²) in [6.45, 7) is 4.65. The monoisotopic (exact) mass is 564 g/mol. The minimum absolute atomic E-state index is 0.124. The number of halogens is 3. The number of aromatic nitrogens is 1. The SMILES string of the molecule is CCCN(CC(=O)N(CCc1c[nH]c2ccccc12)Cc1ccc(C(F)(F)F)cc1)C(=O)Nc1cccc(CC)c1. The van der Waals surface area contributed by atoms with Crippen molar-refractivity contribution in [3.05, 3.63) is 101 Å². The lowest BCUT2D eigenvalue weighted by Gasteiger charge is -2.28. The lowest BCUT2D eigenvalue weighted by atomic mass is 10.1. The number of urea groups is 1. The molecule has 3 amide bonds. The molecule has 1 heterocycles. The Labute approximate surface area is 238 Å². The predicted molar refractivity (Wildman–Crippen MR) is 156 cm³/mol. The molecule has 0 aliphatic carbocycles. The number of hydrogen-bond acceptors (Lipinski definition) is 2. The first-order chi connectivity index (χ1) is 19.7. The molecule has 3 aromatic carbocycles. The second-order valence-corrected chi connectivity index (χ2v) is 10.0. The van der Waals surface area contributed by atoms with Gasteiger partial charge in [-0.3, -0.25) is 4.79 Å². The predicted octanol–water partition coefficient (Wildman–Crippen LogP) is 7.26. The second-order valence-electron chi connectivity index (χ2n) is 10.0. The molecular formula is C32H35F3N4O2. The van der Waals surface area contributed by atoms with Crippen LogP contribution in [0.15, 0.2) is 79.0 Å². The van der Waals surface area contributed by atoms with Crippen LogP contribution in [0, 0.1) is 0 Å². The van der Waals surface area contributed by atoms with E-state index >= 15 is 0 Å². The number of para-hydroxylation sites is 1. The zero-order valence-corrected chi connectivity index (χ0v) is 23.3. The third-order valence-electron chi connectivity index (χ3n) is 7.03. The number of anilines is 1. The number of nitrogens with zero attached hydrogens (tertiary/aromatic N) is 2. The molecule has 1 aromatic heterocycles. The van der Waals surface area contributed by atoms with Crippen molar-refractivity contribution in [1.29, 1.82) is 0 Å². The normalized spacial score (nSPS) is 11.4. The Morgan fingerprint density at radius 1 is 0.878 bits per heavy atom. The summed E-state index contributed by atoms with van der Waals surface area (Å²) in [6.07, 6.45) is -0.499. The van der Waals surface area contributed by atoms with Crippen LogP contribution in [0.2, 0.25) is 0 Å². The summed E-state index contributed by atoms with van der Waals surface area (Å²) in [4.78, 5) is 33.2. The van der Waals surface area contributed by atoms with E-state index < -0.39 is 11.7 Å². The van der Waals surface area contributed by atoms with Crippen LogP contribution in [0.25, 0.3) is 10.9 Å². The van der Waals surface area contributed by atoms with E-state index in [0.717, 1.165) is 40.6 Å². The molecule has 9 heteroatoms. The molecule has 41 heavy (non-hydrogen) atoms. The van der Waals surface area contributed by atoms with Crippen molar-refractivity contribution < 1.29 is 22.8 Å². The summed E-state index contributed by atoms with van der Waals surface area (Å²) < 4.78 is 39.3. The van der Waals surface area contributed by atoms with E-state index in [-0.39, 0.29) is 25.0 Å². The van der Waals surface area contributed by atoms with E-state index in [1.165, 1.54) is 17.0 Å². The number of carbonyl (C=O) groups excluding carboxylic acids is 2. The molecule has 2 N–H and O–H groups in total. The third-order valence-corrected chi connectivity index (χ3v) is 7.03. The van der Waals surface area contributed by atoms with E-state index in [0.29, 0.717) is 37.2 Å². The van der Waals surface area contributed by atoms with Crippen molar-refractivity contribution in [3.8, 4) is 0 Å². The number of alkyl halides is 3. The first-order valence-electron chi connectivity index (χ1n) is 13.8. The maximum atomic E-state index is 13.7. The van der Waals surface area contributed by atoms with Crippen molar-refractivity contribution in [2.75, 3.05) is 25.0 Å². The molecule has 6 nitrogen and oxygen atoms in total. The molecule has 0 atom stereocenters. The Kier molecular flexibility index (Phi) is 9.70. The molecule has 0 unspecified atom stereocenters. The van der Waals surface area contributed by atoms with Gasteiger partial charge in [0.15, 0.2) is 0 Å². The fraction of sp³-hybridized carbons (Fsp3) is 0.312. The molecule has 0 radical (unpaired) electrons. The van der Waals surface area contributed by atoms with E-state index in [2.05, 4.69) is 10.3 Å². The Morgan fingerprint density at radius 2 is 1.63 bits per heavy atom. The van der Waals surface area contributed by atoms with Gasteiger partial charge in [-0.15, -0.1) is 0 Å². The maximum absolute atomic E-state index is 13.7. The number of carbonyl (C=O) groups is 2. The van der Waals surface area contributed by atoms with Gasteiger partial charge in [0.1, 0.15) is 6.54 Å². The Morgan fingerprint density at radius 3 is 2.34 bits per heavy atom. The molecule has 0 saturated carbocycles. The van der Waals surface area contributed by atoms with Gasteiger partial charge in [0.2, 0.25) is 5.91 Å². The first-order valence-corrected chi connectivity index (χ1v) is 13.8. The molecule has 0 bridgehead atoms. The highest BCUT2D eigenvalue weighted by atomic mass is 19.4. The first kappa shape index (κ1) is 29.7. The van der Waals surface area contributed by atoms with E-state index in [4.69, 9.17) is 0 Å². The number of amides is 3. The van der Waals surface area contributed by atoms with Crippen molar-refractivity contribution in [3.63, 3.8) is 0 Å². The maximum Gasteiger partial charge on any atom is 0.416 e. The molecule has 0 spiro atoms. The summed E-state index contributed by atoms with van der Waals surface area (Å²) in [5, 5.41) is 3.95. The summed E-state index contributed by atoms with van der Waals surface area (Å²) in [5.74, 6) is -0.282. The van der Waals surface area contributed by atoms with Crippen LogP contribution in [0.5, 0.6) is 0 Å². The van der Waals surface area contributed by atoms with E-state index in [1.807, 2.05) is 62.5 Å². The van der Waals surface area contributed by atoms with Crippen molar-refractivity contribution in [2.45, 2.75) is 45.8 Å². The van der Waals surface area contributed by atoms with Crippen LogP contribution in [0.3, 0.4) is 0 Å². The highest BCUT2D eigenvalue weighted by molar-refractivity contribution is 5.92. The number of aromatic amines is 1. The van der Waals surface area contributed by atoms with Crippen molar-refractivity contribution in [1.82, 2.24) is 14.8 Å². The summed E-state index contributed by atoms with van der Waals surface area (Å²) in [6, 6.07) is 19.9. The minimum Gasteiger partial charge on any atom is -0.361 e. The molecule has 0 fully saturated rings. The van der Waals surface area contributed by atoms with Gasteiger partial charge in [-0.25, -0.2) is 4.79 Å². The average molecular weight is 565 g/mol. The van der Waals surface area contributed by atoms with Crippen LogP contribution in [-0.2, 0) is 30.4 Å². The molecule has 0 saturated heterocycles. The number of hydrogen-bond donors (Lipinski definition) is 2. The number of aryl methyl sites for hydroxylation is 1. The standard InChI is InChI=1S/C32H35F3N4O2/c1-3-17-39(31(41)37-27-9-7-8-23(4-2)19-27)22-30(40)38(21-24-12-14-26(15-13-24)32(33,34)35)18-16-25-20-36-29-11-6-5-10-28(25)29/h5-15,19-20,36H,3-4,16-18,21-22H2,1-2H3,(H,37,41). The largest absolute Gasteiger partial charge is 0.416 e. The topological polar surface area (TPSA) is 68.4 Å². The average Bonchev–Trinajstić information content (AvgIpc) is 3.38. The third kappa shape index (κ3) is 7.90. The molecule has 0 aliphatic rings.